The molecule has 3 aromatic rings. The number of carbonyl (C=O) groups is 22. The summed E-state index contributed by atoms with van der Waals surface area (Å²) in [5.41, 5.74) is 3.14. The summed E-state index contributed by atoms with van der Waals surface area (Å²) in [7, 11) is 0. The average Bonchev–Trinajstić information content (AvgIpc) is 1.63. The van der Waals surface area contributed by atoms with Gasteiger partial charge in [0.15, 0.2) is 0 Å². The summed E-state index contributed by atoms with van der Waals surface area (Å²) in [6.45, 7) is 32.6. The van der Waals surface area contributed by atoms with Crippen molar-refractivity contribution in [3.05, 3.63) is 71.9 Å². The predicted molar refractivity (Wildman–Crippen MR) is 533 cm³/mol. The van der Waals surface area contributed by atoms with Crippen molar-refractivity contribution in [2.45, 2.75) is 342 Å². The first-order chi connectivity index (χ1) is 68.2. The van der Waals surface area contributed by atoms with Gasteiger partial charge in [-0.3, -0.25) is 105 Å². The van der Waals surface area contributed by atoms with Crippen LogP contribution in [0.25, 0.3) is 11.3 Å². The van der Waals surface area contributed by atoms with Crippen molar-refractivity contribution in [2.75, 3.05) is 32.8 Å². The largest absolute Gasteiger partial charge is 0.394 e. The summed E-state index contributed by atoms with van der Waals surface area (Å²) in [5.74, 6) is -23.0. The van der Waals surface area contributed by atoms with Gasteiger partial charge in [0.1, 0.15) is 116 Å². The van der Waals surface area contributed by atoms with Gasteiger partial charge in [0.25, 0.3) is 0 Å². The molecule has 3 heterocycles. The molecule has 24 N–H and O–H groups in total. The van der Waals surface area contributed by atoms with Crippen LogP contribution < -0.4 is 108 Å². The molecule has 11 atom stereocenters. The smallest absolute Gasteiger partial charge is 0.250 e. The van der Waals surface area contributed by atoms with E-state index in [2.05, 4.69) is 101 Å². The van der Waals surface area contributed by atoms with Gasteiger partial charge in [0.2, 0.25) is 130 Å². The molecule has 2 aliphatic rings. The van der Waals surface area contributed by atoms with Crippen LogP contribution in [0.4, 0.5) is 8.78 Å². The Morgan fingerprint density at radius 2 is 0.865 bits per heavy atom. The average molecular weight is 2090 g/mol. The van der Waals surface area contributed by atoms with Gasteiger partial charge in [0, 0.05) is 50.5 Å². The highest BCUT2D eigenvalue weighted by Crippen LogP contribution is 2.30. The number of nitrogens with one attached hydrogen (secondary N) is 17. The number of aliphatic hydroxyl groups excluding tert-OH is 1. The van der Waals surface area contributed by atoms with E-state index in [-0.39, 0.29) is 75.3 Å². The van der Waals surface area contributed by atoms with E-state index in [9.17, 15) is 119 Å². The van der Waals surface area contributed by atoms with Gasteiger partial charge in [-0.2, -0.15) is 0 Å². The number of aliphatic hydroxyl groups is 1. The fraction of sp³-hybridized carbons (Fsp3) is 0.633. The predicted octanol–water partition coefficient (Wildman–Crippen LogP) is -3.03. The second-order valence-electron chi connectivity index (χ2n) is 42.9. The molecule has 0 spiro atoms. The molecule has 22 amide bonds. The van der Waals surface area contributed by atoms with Crippen LogP contribution in [0.15, 0.2) is 54.7 Å². The van der Waals surface area contributed by atoms with E-state index in [1.54, 1.807) is 85.7 Å². The third-order valence-corrected chi connectivity index (χ3v) is 24.9. The van der Waals surface area contributed by atoms with E-state index in [4.69, 9.17) is 17.2 Å². The fourth-order valence-electron chi connectivity index (χ4n) is 15.7. The Hall–Kier alpha value is -14.3. The number of hydrogen-bond donors (Lipinski definition) is 21. The highest BCUT2D eigenvalue weighted by atomic mass is 19.1. The van der Waals surface area contributed by atoms with E-state index in [0.29, 0.717) is 12.5 Å². The molecule has 48 nitrogen and oxygen atoms in total. The van der Waals surface area contributed by atoms with Crippen molar-refractivity contribution in [3.63, 3.8) is 0 Å². The summed E-state index contributed by atoms with van der Waals surface area (Å²) < 4.78 is 29.2. The third-order valence-electron chi connectivity index (χ3n) is 24.9. The topological polar surface area (TPSA) is 716 Å². The number of halogens is 2. The number of primary amides is 3. The van der Waals surface area contributed by atoms with Gasteiger partial charge in [0.05, 0.1) is 31.3 Å². The molecule has 0 bridgehead atoms. The maximum absolute atomic E-state index is 14.6. The Kier molecular flexibility index (Phi) is 43.9. The third kappa shape index (κ3) is 36.4. The molecule has 148 heavy (non-hydrogen) atoms. The van der Waals surface area contributed by atoms with Gasteiger partial charge in [-0.15, -0.1) is 5.10 Å². The highest BCUT2D eigenvalue weighted by molar-refractivity contribution is 6.04. The zero-order valence-corrected chi connectivity index (χ0v) is 88.7. The van der Waals surface area contributed by atoms with Gasteiger partial charge in [-0.25, -0.2) is 13.5 Å². The Morgan fingerprint density at radius 3 is 1.38 bits per heavy atom. The molecule has 0 aliphatic carbocycles. The van der Waals surface area contributed by atoms with Crippen molar-refractivity contribution >= 4 is 130 Å². The molecule has 0 unspecified atom stereocenters. The van der Waals surface area contributed by atoms with E-state index in [0.717, 1.165) is 17.7 Å². The lowest BCUT2D eigenvalue weighted by molar-refractivity contribution is -0.146. The highest BCUT2D eigenvalue weighted by Gasteiger charge is 2.49. The molecule has 2 aliphatic heterocycles. The molecule has 2 saturated heterocycles. The summed E-state index contributed by atoms with van der Waals surface area (Å²) in [4.78, 5) is 305. The maximum atomic E-state index is 14.6. The number of likely N-dealkylation sites (tertiary alicyclic amines) is 2. The van der Waals surface area contributed by atoms with Crippen LogP contribution >= 0.6 is 0 Å². The van der Waals surface area contributed by atoms with Gasteiger partial charge >= 0.3 is 0 Å². The fourth-order valence-corrected chi connectivity index (χ4v) is 15.7. The molecule has 2 fully saturated rings. The maximum Gasteiger partial charge on any atom is 0.250 e. The van der Waals surface area contributed by atoms with Crippen molar-refractivity contribution in [1.29, 1.82) is 0 Å². The van der Waals surface area contributed by atoms with Crippen LogP contribution in [0.5, 0.6) is 0 Å². The number of nitrogens with two attached hydrogens (primary N) is 3. The van der Waals surface area contributed by atoms with Crippen molar-refractivity contribution in [1.82, 2.24) is 115 Å². The number of aromatic nitrogens is 3. The standard InChI is InChI=1S/C98H151F2N25O23/c1-50(2)41-64(79(137)117-97(21,22)89(147)124-39-28-31-66(124)80(138)112-71(51(3)4)81(139)119-96(19,20)88(146)120-95(17,18)86(144)111-62(33-36-68(102)128)77(135)110-61(32-35-67(101)127)76(134)107-60(49-126)42-55-29-26-25-27-30-55)108-70(130)46-104-83(141)91(9,10)118-82(140)72(52(5)6)113-87(145)94(15,16)116-78(136)63(34-37-69(103)129)109-73(131)53(7)105-84(142)92(11,12)114-74(132)54(8)106-85(143)93(13,14)115-75(133)56-38-40-123(47-56)90(148)98(23,24)125-48-65(121-122-125)57-43-58(99)45-59(100)44-57/h25-27,29-30,43-45,48,50-54,56,60-64,66,71-72,126H,28,31-42,46-47,49H2,1-24H3,(H2,101,127)(H2,102,128)(H2,103,129)(H,104,141)(H,105,142)(H,106,143)(H,107,134)(H,108,130)(H,109,131)(H,110,135)(H,111,144)(H,112,138)(H,113,145)(H,114,132)(H,115,133)(H,116,136)(H,117,137)(H,118,140)(H,119,139)(H,120,146)/t53-,54-,56+,60-,61-,62-,63-,64-,66+,71-,72-/m0/s1. The van der Waals surface area contributed by atoms with Crippen molar-refractivity contribution in [2.24, 2.45) is 40.9 Å². The molecule has 0 radical (unpaired) electrons. The van der Waals surface area contributed by atoms with Crippen molar-refractivity contribution < 1.29 is 119 Å². The lowest BCUT2D eigenvalue weighted by Crippen LogP contribution is -2.66. The first-order valence-electron chi connectivity index (χ1n) is 49.0. The van der Waals surface area contributed by atoms with E-state index in [1.807, 2.05) is 0 Å². The summed E-state index contributed by atoms with van der Waals surface area (Å²) >= 11 is 0. The second kappa shape index (κ2) is 52.4. The second-order valence-corrected chi connectivity index (χ2v) is 42.9. The quantitative estimate of drug-likeness (QED) is 0.0267. The number of amides is 22. The lowest BCUT2D eigenvalue weighted by Gasteiger charge is -2.36. The van der Waals surface area contributed by atoms with Crippen LogP contribution in [-0.2, 0) is 117 Å². The van der Waals surface area contributed by atoms with Crippen LogP contribution in [0.2, 0.25) is 0 Å². The lowest BCUT2D eigenvalue weighted by atomic mass is 9.96. The summed E-state index contributed by atoms with van der Waals surface area (Å²) in [6.07, 6.45) is -0.256. The molecule has 1 aromatic heterocycles. The number of nitrogens with zero attached hydrogens (tertiary/aromatic N) is 5. The molecule has 50 heteroatoms. The Bertz CT molecular complexity index is 5390. The Balaban J connectivity index is 1.12. The number of rotatable bonds is 54. The Morgan fingerprint density at radius 1 is 0.432 bits per heavy atom. The van der Waals surface area contributed by atoms with Crippen LogP contribution in [0.1, 0.15) is 236 Å². The number of benzene rings is 2. The van der Waals surface area contributed by atoms with Crippen LogP contribution in [-0.4, -0.2) is 292 Å². The monoisotopic (exact) mass is 2080 g/mol. The molecule has 0 saturated carbocycles. The zero-order chi connectivity index (χ0) is 113. The normalized spacial score (nSPS) is 16.0. The van der Waals surface area contributed by atoms with E-state index in [1.165, 1.54) is 131 Å². The summed E-state index contributed by atoms with van der Waals surface area (Å²) in [6, 6.07) is -1.91. The minimum Gasteiger partial charge on any atom is -0.394 e. The molecule has 2 aromatic carbocycles. The summed E-state index contributed by atoms with van der Waals surface area (Å²) in [5, 5.41) is 61.5. The Labute approximate surface area is 859 Å². The first kappa shape index (κ1) is 124. The SMILES string of the molecule is CC(C)C[C@H](NC(=O)CNC(=O)C(C)(C)NC(=O)[C@@H](NC(=O)C(C)(C)NC(=O)[C@H](CCC(N)=O)NC(=O)[C@H](C)NC(=O)C(C)(C)NC(=O)[C@H](C)NC(=O)C(C)(C)NC(=O)[C@@H]1CCN(C(=O)C(C)(C)n2cc(-c3cc(F)cc(F)c3)nn2)C1)C(C)C)C(=O)NC(C)(C)C(=O)N1CCC[C@@H]1C(=O)N[C@H](C(=O)NC(C)(C)C(=O)NC(C)(C)C(=O)N[C@@H](CCC(N)=O)C(=O)N[C@@H](CCC(N)=O)C(=O)N[C@H](CO)Cc1ccccc1)C(C)C. The molecular weight excluding hydrogens is 1930 g/mol. The molecular formula is C98H151F2N25O23. The minimum absolute atomic E-state index is 0.00150. The van der Waals surface area contributed by atoms with Crippen LogP contribution in [0, 0.1) is 35.3 Å². The number of carbonyl (C=O) groups excluding carboxylic acids is 22. The van der Waals surface area contributed by atoms with E-state index >= 15 is 0 Å². The van der Waals surface area contributed by atoms with Gasteiger partial charge in [-0.1, -0.05) is 77.1 Å². The first-order valence-corrected chi connectivity index (χ1v) is 49.0. The van der Waals surface area contributed by atoms with E-state index < -0.39 is 303 Å². The minimum atomic E-state index is -1.92. The van der Waals surface area contributed by atoms with Crippen molar-refractivity contribution in [3.8, 4) is 11.3 Å². The number of hydrogen-bond acceptors (Lipinski definition) is 25. The van der Waals surface area contributed by atoms with Crippen LogP contribution in [0.3, 0.4) is 0 Å². The van der Waals surface area contributed by atoms with Gasteiger partial charge < -0.3 is 122 Å². The molecule has 820 valence electrons. The van der Waals surface area contributed by atoms with Gasteiger partial charge in [-0.05, 0) is 211 Å². The zero-order valence-electron chi connectivity index (χ0n) is 88.7. The molecule has 5 rings (SSSR count).